The Bertz CT molecular complexity index is 459. The van der Waals surface area contributed by atoms with Crippen molar-refractivity contribution in [3.8, 4) is 0 Å². The van der Waals surface area contributed by atoms with Gasteiger partial charge in [0.25, 0.3) is 0 Å². The van der Waals surface area contributed by atoms with Crippen LogP contribution in [0, 0.1) is 5.92 Å². The van der Waals surface area contributed by atoms with E-state index in [0.717, 1.165) is 17.7 Å². The number of rotatable bonds is 2. The number of urea groups is 1. The van der Waals surface area contributed by atoms with E-state index >= 15 is 0 Å². The second-order valence-corrected chi connectivity index (χ2v) is 5.62. The third kappa shape index (κ3) is 3.49. The first-order valence-corrected chi connectivity index (χ1v) is 7.07. The number of piperidine rings is 1. The van der Waals surface area contributed by atoms with E-state index in [0.29, 0.717) is 13.1 Å². The minimum atomic E-state index is -0.435. The summed E-state index contributed by atoms with van der Waals surface area (Å²) in [6.45, 7) is 5.00. The number of aliphatic hydroxyl groups excluding tert-OH is 1. The molecule has 1 saturated heterocycles. The second kappa shape index (κ2) is 6.24. The Morgan fingerprint density at radius 3 is 2.65 bits per heavy atom. The summed E-state index contributed by atoms with van der Waals surface area (Å²) in [6, 6.07) is 7.34. The van der Waals surface area contributed by atoms with E-state index in [9.17, 15) is 9.90 Å². The van der Waals surface area contributed by atoms with Crippen molar-refractivity contribution >= 4 is 11.7 Å². The molecule has 0 spiro atoms. The first kappa shape index (κ1) is 14.8. The molecule has 3 unspecified atom stereocenters. The van der Waals surface area contributed by atoms with Gasteiger partial charge in [0, 0.05) is 24.8 Å². The molecule has 3 atom stereocenters. The number of hydrogen-bond donors (Lipinski definition) is 3. The molecule has 110 valence electrons. The molecule has 1 aromatic carbocycles. The number of nitrogens with zero attached hydrogens (tertiary/aromatic N) is 1. The molecule has 1 heterocycles. The zero-order chi connectivity index (χ0) is 14.7. The van der Waals surface area contributed by atoms with Gasteiger partial charge >= 0.3 is 6.03 Å². The predicted molar refractivity (Wildman–Crippen MR) is 79.4 cm³/mol. The van der Waals surface area contributed by atoms with Gasteiger partial charge in [-0.2, -0.15) is 0 Å². The van der Waals surface area contributed by atoms with Gasteiger partial charge in [0.1, 0.15) is 0 Å². The van der Waals surface area contributed by atoms with Crippen LogP contribution >= 0.6 is 0 Å². The van der Waals surface area contributed by atoms with Crippen LogP contribution in [0.25, 0.3) is 0 Å². The maximum Gasteiger partial charge on any atom is 0.321 e. The molecule has 2 rings (SSSR count). The summed E-state index contributed by atoms with van der Waals surface area (Å²) in [5.74, 6) is 0.254. The molecular formula is C15H23N3O2. The summed E-state index contributed by atoms with van der Waals surface area (Å²) in [5.41, 5.74) is 7.56. The highest BCUT2D eigenvalue weighted by Gasteiger charge is 2.27. The molecule has 1 fully saturated rings. The Morgan fingerprint density at radius 2 is 2.10 bits per heavy atom. The number of β-amino-alcohol motifs (C(OH)–C–C–N with tert-alkyl or cyclic N) is 1. The molecule has 2 amide bonds. The van der Waals surface area contributed by atoms with Crippen LogP contribution in [0.2, 0.25) is 0 Å². The number of hydrogen-bond acceptors (Lipinski definition) is 3. The zero-order valence-electron chi connectivity index (χ0n) is 12.0. The van der Waals surface area contributed by atoms with Crippen molar-refractivity contribution in [2.24, 2.45) is 11.7 Å². The Kier molecular flexibility index (Phi) is 4.62. The summed E-state index contributed by atoms with van der Waals surface area (Å²) in [6.07, 6.45) is 0.396. The van der Waals surface area contributed by atoms with Gasteiger partial charge in [-0.05, 0) is 37.0 Å². The average Bonchev–Trinajstić information content (AvgIpc) is 2.42. The molecule has 0 aromatic heterocycles. The van der Waals surface area contributed by atoms with E-state index < -0.39 is 6.10 Å². The Balaban J connectivity index is 1.94. The smallest absolute Gasteiger partial charge is 0.321 e. The lowest BCUT2D eigenvalue weighted by atomic mass is 9.96. The van der Waals surface area contributed by atoms with Crippen LogP contribution in [0.5, 0.6) is 0 Å². The minimum Gasteiger partial charge on any atom is -0.391 e. The first-order chi connectivity index (χ1) is 9.47. The Labute approximate surface area is 119 Å². The number of carbonyl (C=O) groups is 1. The van der Waals surface area contributed by atoms with E-state index in [1.54, 1.807) is 4.90 Å². The van der Waals surface area contributed by atoms with Crippen LogP contribution in [-0.4, -0.2) is 35.2 Å². The molecule has 1 aliphatic rings. The molecule has 5 heteroatoms. The third-order valence-electron chi connectivity index (χ3n) is 3.89. The Morgan fingerprint density at radius 1 is 1.45 bits per heavy atom. The SMILES string of the molecule is CC(N)c1ccc(NC(=O)N2CCC(C)C(O)C2)cc1. The van der Waals surface area contributed by atoms with E-state index in [1.807, 2.05) is 38.1 Å². The molecule has 0 bridgehead atoms. The lowest BCUT2D eigenvalue weighted by molar-refractivity contribution is 0.0464. The molecular weight excluding hydrogens is 254 g/mol. The van der Waals surface area contributed by atoms with Crippen LogP contribution in [0.1, 0.15) is 31.9 Å². The van der Waals surface area contributed by atoms with E-state index in [4.69, 9.17) is 5.73 Å². The largest absolute Gasteiger partial charge is 0.391 e. The predicted octanol–water partition coefficient (Wildman–Crippen LogP) is 1.94. The van der Waals surface area contributed by atoms with Crippen LogP contribution in [-0.2, 0) is 0 Å². The molecule has 1 aliphatic heterocycles. The number of nitrogens with one attached hydrogen (secondary N) is 1. The second-order valence-electron chi connectivity index (χ2n) is 5.62. The fourth-order valence-electron chi connectivity index (χ4n) is 2.31. The highest BCUT2D eigenvalue weighted by atomic mass is 16.3. The first-order valence-electron chi connectivity index (χ1n) is 7.07. The van der Waals surface area contributed by atoms with Crippen molar-refractivity contribution in [3.63, 3.8) is 0 Å². The highest BCUT2D eigenvalue weighted by molar-refractivity contribution is 5.89. The number of benzene rings is 1. The van der Waals surface area contributed by atoms with Crippen LogP contribution in [0.3, 0.4) is 0 Å². The molecule has 0 radical (unpaired) electrons. The van der Waals surface area contributed by atoms with Gasteiger partial charge in [-0.3, -0.25) is 0 Å². The van der Waals surface area contributed by atoms with Crippen LogP contribution in [0.15, 0.2) is 24.3 Å². The number of amides is 2. The molecule has 0 saturated carbocycles. The van der Waals surface area contributed by atoms with Crippen molar-refractivity contribution < 1.29 is 9.90 Å². The average molecular weight is 277 g/mol. The molecule has 1 aromatic rings. The summed E-state index contributed by atoms with van der Waals surface area (Å²) < 4.78 is 0. The van der Waals surface area contributed by atoms with Crippen molar-refractivity contribution in [2.75, 3.05) is 18.4 Å². The highest BCUT2D eigenvalue weighted by Crippen LogP contribution is 2.19. The fourth-order valence-corrected chi connectivity index (χ4v) is 2.31. The van der Waals surface area contributed by atoms with E-state index in [1.165, 1.54) is 0 Å². The van der Waals surface area contributed by atoms with Crippen molar-refractivity contribution in [3.05, 3.63) is 29.8 Å². The minimum absolute atomic E-state index is 0.0153. The number of nitrogens with two attached hydrogens (primary N) is 1. The van der Waals surface area contributed by atoms with Crippen LogP contribution in [0.4, 0.5) is 10.5 Å². The van der Waals surface area contributed by atoms with E-state index in [-0.39, 0.29) is 18.0 Å². The number of anilines is 1. The van der Waals surface area contributed by atoms with Gasteiger partial charge in [-0.25, -0.2) is 4.79 Å². The van der Waals surface area contributed by atoms with Gasteiger partial charge in [0.2, 0.25) is 0 Å². The van der Waals surface area contributed by atoms with Gasteiger partial charge in [-0.15, -0.1) is 0 Å². The van der Waals surface area contributed by atoms with Crippen molar-refractivity contribution in [1.82, 2.24) is 4.90 Å². The number of aliphatic hydroxyl groups is 1. The van der Waals surface area contributed by atoms with Gasteiger partial charge < -0.3 is 21.1 Å². The van der Waals surface area contributed by atoms with Crippen molar-refractivity contribution in [2.45, 2.75) is 32.4 Å². The third-order valence-corrected chi connectivity index (χ3v) is 3.89. The molecule has 5 nitrogen and oxygen atoms in total. The normalized spacial score (nSPS) is 24.3. The molecule has 20 heavy (non-hydrogen) atoms. The monoisotopic (exact) mass is 277 g/mol. The standard InChI is InChI=1S/C15H23N3O2/c1-10-7-8-18(9-14(10)19)15(20)17-13-5-3-12(4-6-13)11(2)16/h3-6,10-11,14,19H,7-9,16H2,1-2H3,(H,17,20). The van der Waals surface area contributed by atoms with E-state index in [2.05, 4.69) is 5.32 Å². The van der Waals surface area contributed by atoms with Gasteiger partial charge in [-0.1, -0.05) is 19.1 Å². The lowest BCUT2D eigenvalue weighted by Crippen LogP contribution is -2.47. The van der Waals surface area contributed by atoms with Gasteiger partial charge in [0.05, 0.1) is 6.10 Å². The quantitative estimate of drug-likeness (QED) is 0.773. The lowest BCUT2D eigenvalue weighted by Gasteiger charge is -2.34. The summed E-state index contributed by atoms with van der Waals surface area (Å²) in [4.78, 5) is 13.8. The molecule has 0 aliphatic carbocycles. The summed E-state index contributed by atoms with van der Waals surface area (Å²) >= 11 is 0. The number of likely N-dealkylation sites (tertiary alicyclic amines) is 1. The Hall–Kier alpha value is -1.59. The van der Waals surface area contributed by atoms with Crippen LogP contribution < -0.4 is 11.1 Å². The molecule has 4 N–H and O–H groups in total. The maximum atomic E-state index is 12.1. The zero-order valence-corrected chi connectivity index (χ0v) is 12.0. The topological polar surface area (TPSA) is 78.6 Å². The fraction of sp³-hybridized carbons (Fsp3) is 0.533. The van der Waals surface area contributed by atoms with Gasteiger partial charge in [0.15, 0.2) is 0 Å². The van der Waals surface area contributed by atoms with Crippen molar-refractivity contribution in [1.29, 1.82) is 0 Å². The summed E-state index contributed by atoms with van der Waals surface area (Å²) in [5, 5.41) is 12.7. The number of carbonyl (C=O) groups excluding carboxylic acids is 1. The maximum absolute atomic E-state index is 12.1. The summed E-state index contributed by atoms with van der Waals surface area (Å²) in [7, 11) is 0.